The van der Waals surface area contributed by atoms with Crippen molar-refractivity contribution in [2.24, 2.45) is 10.7 Å². The zero-order valence-corrected chi connectivity index (χ0v) is 18.2. The van der Waals surface area contributed by atoms with Crippen molar-refractivity contribution in [2.75, 3.05) is 19.1 Å². The fraction of sp³-hybridized carbons (Fsp3) is 0.348. The van der Waals surface area contributed by atoms with E-state index in [1.165, 1.54) is 11.8 Å². The summed E-state index contributed by atoms with van der Waals surface area (Å²) in [6.45, 7) is 0.836. The van der Waals surface area contributed by atoms with Gasteiger partial charge in [-0.15, -0.1) is 11.8 Å². The maximum atomic E-state index is 12.0. The van der Waals surface area contributed by atoms with Gasteiger partial charge in [-0.2, -0.15) is 4.99 Å². The van der Waals surface area contributed by atoms with Crippen molar-refractivity contribution in [3.05, 3.63) is 54.1 Å². The van der Waals surface area contributed by atoms with Gasteiger partial charge in [0.25, 0.3) is 0 Å². The molecule has 0 saturated carbocycles. The van der Waals surface area contributed by atoms with E-state index in [-0.39, 0.29) is 24.4 Å². The number of nitrogens with one attached hydrogen (secondary N) is 1. The lowest BCUT2D eigenvalue weighted by atomic mass is 10.1. The highest BCUT2D eigenvalue weighted by atomic mass is 32.2. The first-order valence-electron chi connectivity index (χ1n) is 10.3. The van der Waals surface area contributed by atoms with E-state index in [9.17, 15) is 9.59 Å². The molecule has 164 valence electrons. The van der Waals surface area contributed by atoms with Crippen LogP contribution in [0.25, 0.3) is 0 Å². The molecule has 8 heteroatoms. The lowest BCUT2D eigenvalue weighted by Gasteiger charge is -2.05. The van der Waals surface area contributed by atoms with Crippen LogP contribution in [0.3, 0.4) is 0 Å². The molecule has 7 nitrogen and oxygen atoms in total. The van der Waals surface area contributed by atoms with Crippen LogP contribution >= 0.6 is 11.8 Å². The Hall–Kier alpha value is -3.00. The molecular formula is C23H27N3O4S. The number of benzene rings is 2. The highest BCUT2D eigenvalue weighted by Crippen LogP contribution is 2.32. The normalized spacial score (nSPS) is 12.6. The largest absolute Gasteiger partial charge is 0.454 e. The molecular weight excluding hydrogens is 414 g/mol. The van der Waals surface area contributed by atoms with Gasteiger partial charge in [0.2, 0.25) is 18.6 Å². The molecule has 0 unspecified atom stereocenters. The summed E-state index contributed by atoms with van der Waals surface area (Å²) in [6, 6.07) is 15.1. The van der Waals surface area contributed by atoms with Crippen LogP contribution < -0.4 is 20.5 Å². The number of ether oxygens (including phenoxy) is 2. The molecule has 1 aliphatic rings. The fourth-order valence-corrected chi connectivity index (χ4v) is 3.76. The molecule has 0 spiro atoms. The maximum Gasteiger partial charge on any atom is 0.247 e. The van der Waals surface area contributed by atoms with Gasteiger partial charge < -0.3 is 20.5 Å². The Labute approximate surface area is 186 Å². The van der Waals surface area contributed by atoms with Crippen LogP contribution in [0, 0.1) is 0 Å². The molecule has 0 aliphatic carbocycles. The third-order valence-electron chi connectivity index (χ3n) is 4.67. The van der Waals surface area contributed by atoms with Crippen molar-refractivity contribution in [1.29, 1.82) is 0 Å². The molecule has 2 aromatic carbocycles. The highest BCUT2D eigenvalue weighted by molar-refractivity contribution is 8.00. The number of thioether (sulfide) groups is 1. The van der Waals surface area contributed by atoms with Crippen LogP contribution in [0.5, 0.6) is 11.5 Å². The quantitative estimate of drug-likeness (QED) is 0.239. The Kier molecular flexibility index (Phi) is 8.78. The Bertz CT molecular complexity index is 918. The number of fused-ring (bicyclic) bond motifs is 1. The number of carbonyl (C=O) groups is 2. The number of unbranched alkanes of at least 4 members (excludes halogenated alkanes) is 3. The standard InChI is InChI=1S/C23H27N3O4S/c24-23(17-11-12-19-20(14-17)30-16-29-19)26-21(27)10-6-1-2-7-13-25-22(28)15-31-18-8-4-3-5-9-18/h3-5,8-9,11-12,14H,1-2,6-7,10,13,15-16H2,(H,25,28)(H2,24,26,27). The molecule has 0 aromatic heterocycles. The van der Waals surface area contributed by atoms with E-state index in [0.717, 1.165) is 30.6 Å². The second kappa shape index (κ2) is 12.0. The van der Waals surface area contributed by atoms with E-state index in [2.05, 4.69) is 10.3 Å². The van der Waals surface area contributed by atoms with Gasteiger partial charge in [0.1, 0.15) is 5.84 Å². The number of amides is 2. The van der Waals surface area contributed by atoms with Crippen LogP contribution in [0.2, 0.25) is 0 Å². The number of rotatable bonds is 11. The molecule has 2 amide bonds. The molecule has 3 N–H and O–H groups in total. The summed E-state index contributed by atoms with van der Waals surface area (Å²) >= 11 is 1.53. The minimum absolute atomic E-state index is 0.0392. The van der Waals surface area contributed by atoms with Gasteiger partial charge in [0.05, 0.1) is 5.75 Å². The number of carbonyl (C=O) groups excluding carboxylic acids is 2. The molecule has 0 bridgehead atoms. The Morgan fingerprint density at radius 3 is 2.61 bits per heavy atom. The van der Waals surface area contributed by atoms with Crippen LogP contribution in [-0.2, 0) is 9.59 Å². The molecule has 0 saturated heterocycles. The number of amidine groups is 1. The van der Waals surface area contributed by atoms with Gasteiger partial charge in [-0.1, -0.05) is 31.0 Å². The average Bonchev–Trinajstić information content (AvgIpc) is 3.25. The molecule has 1 aliphatic heterocycles. The summed E-state index contributed by atoms with van der Waals surface area (Å²) in [5.74, 6) is 1.67. The van der Waals surface area contributed by atoms with Gasteiger partial charge in [0.15, 0.2) is 11.5 Å². The van der Waals surface area contributed by atoms with Gasteiger partial charge in [-0.25, -0.2) is 0 Å². The molecule has 0 radical (unpaired) electrons. The van der Waals surface area contributed by atoms with Gasteiger partial charge in [-0.3, -0.25) is 9.59 Å². The van der Waals surface area contributed by atoms with Gasteiger partial charge in [-0.05, 0) is 43.2 Å². The summed E-state index contributed by atoms with van der Waals surface area (Å²) in [5.41, 5.74) is 6.58. The Balaban J connectivity index is 1.25. The summed E-state index contributed by atoms with van der Waals surface area (Å²) in [7, 11) is 0. The molecule has 3 rings (SSSR count). The first-order valence-corrected chi connectivity index (χ1v) is 11.3. The number of hydrogen-bond acceptors (Lipinski definition) is 5. The first kappa shape index (κ1) is 22.7. The lowest BCUT2D eigenvalue weighted by molar-refractivity contribution is -0.119. The predicted molar refractivity (Wildman–Crippen MR) is 122 cm³/mol. The van der Waals surface area contributed by atoms with E-state index >= 15 is 0 Å². The summed E-state index contributed by atoms with van der Waals surface area (Å²) in [5, 5.41) is 2.93. The average molecular weight is 442 g/mol. The van der Waals surface area contributed by atoms with E-state index in [4.69, 9.17) is 15.2 Å². The molecule has 1 heterocycles. The number of nitrogens with zero attached hydrogens (tertiary/aromatic N) is 1. The molecule has 0 fully saturated rings. The van der Waals surface area contributed by atoms with Crippen LogP contribution in [0.1, 0.15) is 37.7 Å². The second-order valence-corrected chi connectivity index (χ2v) is 8.12. The molecule has 31 heavy (non-hydrogen) atoms. The van der Waals surface area contributed by atoms with Crippen LogP contribution in [0.15, 0.2) is 58.4 Å². The topological polar surface area (TPSA) is 103 Å². The van der Waals surface area contributed by atoms with Crippen molar-refractivity contribution >= 4 is 29.4 Å². The lowest BCUT2D eigenvalue weighted by Crippen LogP contribution is -2.26. The minimum atomic E-state index is -0.235. The fourth-order valence-electron chi connectivity index (χ4n) is 3.01. The Morgan fingerprint density at radius 2 is 1.77 bits per heavy atom. The summed E-state index contributed by atoms with van der Waals surface area (Å²) in [4.78, 5) is 29.0. The third-order valence-corrected chi connectivity index (χ3v) is 5.68. The molecule has 0 atom stereocenters. The number of nitrogens with two attached hydrogens (primary N) is 1. The van der Waals surface area contributed by atoms with Crippen molar-refractivity contribution < 1.29 is 19.1 Å². The minimum Gasteiger partial charge on any atom is -0.454 e. The monoisotopic (exact) mass is 441 g/mol. The Morgan fingerprint density at radius 1 is 1.00 bits per heavy atom. The van der Waals surface area contributed by atoms with Crippen molar-refractivity contribution in [2.45, 2.75) is 37.0 Å². The zero-order valence-electron chi connectivity index (χ0n) is 17.3. The number of hydrogen-bond donors (Lipinski definition) is 2. The van der Waals surface area contributed by atoms with Crippen molar-refractivity contribution in [3.8, 4) is 11.5 Å². The highest BCUT2D eigenvalue weighted by Gasteiger charge is 2.14. The summed E-state index contributed by atoms with van der Waals surface area (Å²) < 4.78 is 10.6. The summed E-state index contributed by atoms with van der Waals surface area (Å²) in [6.07, 6.45) is 3.83. The van der Waals surface area contributed by atoms with Crippen molar-refractivity contribution in [1.82, 2.24) is 5.32 Å². The van der Waals surface area contributed by atoms with E-state index in [1.54, 1.807) is 18.2 Å². The second-order valence-electron chi connectivity index (χ2n) is 7.07. The van der Waals surface area contributed by atoms with E-state index < -0.39 is 0 Å². The van der Waals surface area contributed by atoms with Crippen LogP contribution in [0.4, 0.5) is 0 Å². The molecule has 2 aromatic rings. The third kappa shape index (κ3) is 7.64. The predicted octanol–water partition coefficient (Wildman–Crippen LogP) is 3.51. The smallest absolute Gasteiger partial charge is 0.247 e. The zero-order chi connectivity index (χ0) is 21.9. The maximum absolute atomic E-state index is 12.0. The van der Waals surface area contributed by atoms with Crippen molar-refractivity contribution in [3.63, 3.8) is 0 Å². The van der Waals surface area contributed by atoms with Gasteiger partial charge >= 0.3 is 0 Å². The van der Waals surface area contributed by atoms with E-state index in [1.807, 2.05) is 30.3 Å². The van der Waals surface area contributed by atoms with Gasteiger partial charge in [0, 0.05) is 23.4 Å². The van der Waals surface area contributed by atoms with Crippen LogP contribution in [-0.4, -0.2) is 36.7 Å². The first-order chi connectivity index (χ1) is 15.1. The number of aliphatic imine (C=N–C) groups is 1. The van der Waals surface area contributed by atoms with E-state index in [0.29, 0.717) is 35.8 Å². The SMILES string of the molecule is NC(=NC(=O)CCCCCCNC(=O)CSc1ccccc1)c1ccc2c(c1)OCO2.